The predicted molar refractivity (Wildman–Crippen MR) is 105 cm³/mol. The summed E-state index contributed by atoms with van der Waals surface area (Å²) in [4.78, 5) is 28.6. The summed E-state index contributed by atoms with van der Waals surface area (Å²) in [6, 6.07) is 12.0. The van der Waals surface area contributed by atoms with Crippen molar-refractivity contribution in [3.8, 4) is 11.1 Å². The van der Waals surface area contributed by atoms with Crippen molar-refractivity contribution in [1.82, 2.24) is 9.80 Å². The molecule has 0 unspecified atom stereocenters. The summed E-state index contributed by atoms with van der Waals surface area (Å²) >= 11 is 0. The van der Waals surface area contributed by atoms with E-state index in [9.17, 15) is 14.0 Å². The molecule has 4 rings (SSSR count). The van der Waals surface area contributed by atoms with E-state index in [1.54, 1.807) is 46.2 Å². The highest BCUT2D eigenvalue weighted by Crippen LogP contribution is 2.34. The van der Waals surface area contributed by atoms with Gasteiger partial charge in [0.1, 0.15) is 5.82 Å². The van der Waals surface area contributed by atoms with Crippen LogP contribution in [0.4, 0.5) is 4.39 Å². The zero-order chi connectivity index (χ0) is 19.9. The Morgan fingerprint density at radius 2 is 1.57 bits per heavy atom. The number of nitrogens with two attached hydrogens (primary N) is 1. The van der Waals surface area contributed by atoms with E-state index < -0.39 is 5.54 Å². The molecule has 2 N–H and O–H groups in total. The van der Waals surface area contributed by atoms with Gasteiger partial charge in [-0.25, -0.2) is 4.39 Å². The molecule has 0 aromatic heterocycles. The Morgan fingerprint density at radius 3 is 2.18 bits per heavy atom. The second kappa shape index (κ2) is 7.02. The first-order chi connectivity index (χ1) is 13.4. The Hall–Kier alpha value is -2.73. The zero-order valence-electron chi connectivity index (χ0n) is 16.0. The van der Waals surface area contributed by atoms with E-state index in [2.05, 4.69) is 0 Å². The lowest BCUT2D eigenvalue weighted by Crippen LogP contribution is -2.55. The summed E-state index contributed by atoms with van der Waals surface area (Å²) in [5.41, 5.74) is 8.15. The smallest absolute Gasteiger partial charge is 0.253 e. The average Bonchev–Trinajstić information content (AvgIpc) is 3.47. The maximum atomic E-state index is 14.1. The van der Waals surface area contributed by atoms with Gasteiger partial charge in [-0.05, 0) is 49.6 Å². The molecule has 1 aliphatic heterocycles. The number of benzene rings is 2. The van der Waals surface area contributed by atoms with Gasteiger partial charge in [0.2, 0.25) is 5.91 Å². The van der Waals surface area contributed by atoms with Gasteiger partial charge in [0.25, 0.3) is 5.91 Å². The standard InChI is InChI=1S/C22H24FN3O2/c1-15-2-7-19(23)18(14-15)16-3-5-17(6-4-16)20(27)25-10-12-26(13-11-25)21(28)22(24)8-9-22/h2-7,14H,8-13,24H2,1H3. The van der Waals surface area contributed by atoms with E-state index in [1.165, 1.54) is 6.07 Å². The minimum absolute atomic E-state index is 0.00383. The van der Waals surface area contributed by atoms with Crippen LogP contribution in [-0.4, -0.2) is 53.3 Å². The fourth-order valence-corrected chi connectivity index (χ4v) is 3.61. The summed E-state index contributed by atoms with van der Waals surface area (Å²) in [7, 11) is 0. The minimum Gasteiger partial charge on any atom is -0.338 e. The monoisotopic (exact) mass is 381 g/mol. The van der Waals surface area contributed by atoms with Gasteiger partial charge in [0.05, 0.1) is 5.54 Å². The molecule has 2 amide bonds. The number of rotatable bonds is 3. The van der Waals surface area contributed by atoms with Crippen molar-refractivity contribution in [2.45, 2.75) is 25.3 Å². The first kappa shape index (κ1) is 18.6. The molecular formula is C22H24FN3O2. The number of hydrogen-bond acceptors (Lipinski definition) is 3. The molecule has 1 saturated carbocycles. The van der Waals surface area contributed by atoms with Crippen LogP contribution in [0.5, 0.6) is 0 Å². The molecule has 1 heterocycles. The summed E-state index contributed by atoms with van der Waals surface area (Å²) < 4.78 is 14.1. The van der Waals surface area contributed by atoms with Gasteiger partial charge in [-0.3, -0.25) is 9.59 Å². The summed E-state index contributed by atoms with van der Waals surface area (Å²) in [6.45, 7) is 3.93. The second-order valence-corrected chi connectivity index (χ2v) is 7.80. The molecule has 0 bridgehead atoms. The Bertz CT molecular complexity index is 914. The Balaban J connectivity index is 1.42. The second-order valence-electron chi connectivity index (χ2n) is 7.80. The summed E-state index contributed by atoms with van der Waals surface area (Å²) in [5, 5.41) is 0. The molecule has 146 valence electrons. The highest BCUT2D eigenvalue weighted by molar-refractivity contribution is 5.95. The third-order valence-corrected chi connectivity index (χ3v) is 5.63. The third kappa shape index (κ3) is 3.52. The van der Waals surface area contributed by atoms with Gasteiger partial charge < -0.3 is 15.5 Å². The van der Waals surface area contributed by atoms with Crippen LogP contribution in [0.25, 0.3) is 11.1 Å². The molecule has 2 fully saturated rings. The van der Waals surface area contributed by atoms with Gasteiger partial charge in [0, 0.05) is 37.3 Å². The third-order valence-electron chi connectivity index (χ3n) is 5.63. The molecule has 2 aromatic carbocycles. The summed E-state index contributed by atoms with van der Waals surface area (Å²) in [5.74, 6) is -0.347. The van der Waals surface area contributed by atoms with Crippen molar-refractivity contribution in [3.05, 3.63) is 59.4 Å². The molecular weight excluding hydrogens is 357 g/mol. The van der Waals surface area contributed by atoms with Gasteiger partial charge >= 0.3 is 0 Å². The van der Waals surface area contributed by atoms with Crippen molar-refractivity contribution >= 4 is 11.8 Å². The van der Waals surface area contributed by atoms with Crippen molar-refractivity contribution in [3.63, 3.8) is 0 Å². The molecule has 0 spiro atoms. The maximum absolute atomic E-state index is 14.1. The van der Waals surface area contributed by atoms with Crippen LogP contribution in [0.15, 0.2) is 42.5 Å². The number of carbonyl (C=O) groups excluding carboxylic acids is 2. The number of halogens is 1. The molecule has 0 radical (unpaired) electrons. The Labute approximate surface area is 163 Å². The fourth-order valence-electron chi connectivity index (χ4n) is 3.61. The van der Waals surface area contributed by atoms with Crippen molar-refractivity contribution in [2.75, 3.05) is 26.2 Å². The van der Waals surface area contributed by atoms with Crippen molar-refractivity contribution in [1.29, 1.82) is 0 Å². The first-order valence-electron chi connectivity index (χ1n) is 9.61. The average molecular weight is 381 g/mol. The molecule has 2 aliphatic rings. The predicted octanol–water partition coefficient (Wildman–Crippen LogP) is 2.58. The molecule has 1 aliphatic carbocycles. The lowest BCUT2D eigenvalue weighted by molar-refractivity contribution is -0.135. The van der Waals surface area contributed by atoms with Crippen LogP contribution >= 0.6 is 0 Å². The fraction of sp³-hybridized carbons (Fsp3) is 0.364. The topological polar surface area (TPSA) is 66.6 Å². The van der Waals surface area contributed by atoms with E-state index in [0.29, 0.717) is 37.3 Å². The summed E-state index contributed by atoms with van der Waals surface area (Å²) in [6.07, 6.45) is 1.50. The van der Waals surface area contributed by atoms with E-state index in [4.69, 9.17) is 5.73 Å². The van der Waals surface area contributed by atoms with Crippen LogP contribution in [0.1, 0.15) is 28.8 Å². The van der Waals surface area contributed by atoms with Crippen LogP contribution in [0, 0.1) is 12.7 Å². The van der Waals surface area contributed by atoms with Crippen LogP contribution in [0.2, 0.25) is 0 Å². The number of piperazine rings is 1. The van der Waals surface area contributed by atoms with E-state index in [1.807, 2.05) is 6.92 Å². The normalized spacial score (nSPS) is 18.1. The van der Waals surface area contributed by atoms with Crippen LogP contribution in [0.3, 0.4) is 0 Å². The molecule has 5 nitrogen and oxygen atoms in total. The molecule has 1 saturated heterocycles. The number of hydrogen-bond donors (Lipinski definition) is 1. The number of aryl methyl sites for hydroxylation is 1. The van der Waals surface area contributed by atoms with Gasteiger partial charge in [-0.15, -0.1) is 0 Å². The van der Waals surface area contributed by atoms with Gasteiger partial charge in [0.15, 0.2) is 0 Å². The molecule has 2 aromatic rings. The minimum atomic E-state index is -0.660. The maximum Gasteiger partial charge on any atom is 0.253 e. The lowest BCUT2D eigenvalue weighted by atomic mass is 10.0. The molecule has 28 heavy (non-hydrogen) atoms. The highest BCUT2D eigenvalue weighted by atomic mass is 19.1. The lowest BCUT2D eigenvalue weighted by Gasteiger charge is -2.36. The van der Waals surface area contributed by atoms with Crippen LogP contribution in [-0.2, 0) is 4.79 Å². The van der Waals surface area contributed by atoms with E-state index >= 15 is 0 Å². The Kier molecular flexibility index (Phi) is 4.67. The number of nitrogens with zero attached hydrogens (tertiary/aromatic N) is 2. The van der Waals surface area contributed by atoms with Crippen LogP contribution < -0.4 is 5.73 Å². The first-order valence-corrected chi connectivity index (χ1v) is 9.61. The van der Waals surface area contributed by atoms with E-state index in [0.717, 1.165) is 24.0 Å². The van der Waals surface area contributed by atoms with E-state index in [-0.39, 0.29) is 17.6 Å². The van der Waals surface area contributed by atoms with Crippen molar-refractivity contribution < 1.29 is 14.0 Å². The quantitative estimate of drug-likeness (QED) is 0.889. The Morgan fingerprint density at radius 1 is 0.964 bits per heavy atom. The van der Waals surface area contributed by atoms with Gasteiger partial charge in [-0.1, -0.05) is 23.8 Å². The molecule has 0 atom stereocenters. The largest absolute Gasteiger partial charge is 0.338 e. The number of amides is 2. The highest BCUT2D eigenvalue weighted by Gasteiger charge is 2.48. The van der Waals surface area contributed by atoms with Gasteiger partial charge in [-0.2, -0.15) is 0 Å². The number of carbonyl (C=O) groups is 2. The van der Waals surface area contributed by atoms with Crippen molar-refractivity contribution in [2.24, 2.45) is 5.73 Å². The zero-order valence-corrected chi connectivity index (χ0v) is 16.0. The molecule has 6 heteroatoms. The SMILES string of the molecule is Cc1ccc(F)c(-c2ccc(C(=O)N3CCN(C(=O)C4(N)CC4)CC3)cc2)c1.